The maximum Gasteiger partial charge on any atom is 0.308 e. The number of methoxy groups -OCH3 is 1. The van der Waals surface area contributed by atoms with Crippen LogP contribution in [-0.2, 0) is 16.1 Å². The number of hydrogen-bond donors (Lipinski definition) is 0. The van der Waals surface area contributed by atoms with Crippen LogP contribution in [0.15, 0.2) is 18.2 Å². The molecule has 1 fully saturated rings. The normalized spacial score (nSPS) is 16.6. The van der Waals surface area contributed by atoms with Crippen LogP contribution in [0.5, 0.6) is 0 Å². The highest BCUT2D eigenvalue weighted by molar-refractivity contribution is 5.72. The lowest BCUT2D eigenvalue weighted by Gasteiger charge is -2.30. The number of carbonyl (C=O) groups is 1. The van der Waals surface area contributed by atoms with Crippen molar-refractivity contribution in [3.8, 4) is 6.07 Å². The second-order valence-electron chi connectivity index (χ2n) is 4.96. The summed E-state index contributed by atoms with van der Waals surface area (Å²) >= 11 is 0. The molecule has 0 aliphatic carbocycles. The zero-order valence-corrected chi connectivity index (χ0v) is 11.4. The van der Waals surface area contributed by atoms with Crippen LogP contribution >= 0.6 is 0 Å². The molecule has 106 valence electrons. The van der Waals surface area contributed by atoms with Gasteiger partial charge in [0.2, 0.25) is 0 Å². The van der Waals surface area contributed by atoms with E-state index in [1.807, 2.05) is 6.07 Å². The van der Waals surface area contributed by atoms with Gasteiger partial charge in [-0.2, -0.15) is 5.26 Å². The maximum absolute atomic E-state index is 14.0. The van der Waals surface area contributed by atoms with E-state index in [2.05, 4.69) is 4.90 Å². The molecule has 0 radical (unpaired) electrons. The van der Waals surface area contributed by atoms with Gasteiger partial charge in [-0.3, -0.25) is 9.69 Å². The summed E-state index contributed by atoms with van der Waals surface area (Å²) < 4.78 is 18.7. The molecule has 0 spiro atoms. The summed E-state index contributed by atoms with van der Waals surface area (Å²) in [7, 11) is 1.40. The van der Waals surface area contributed by atoms with Crippen LogP contribution in [0.3, 0.4) is 0 Å². The fourth-order valence-electron chi connectivity index (χ4n) is 2.52. The van der Waals surface area contributed by atoms with Gasteiger partial charge >= 0.3 is 5.97 Å². The van der Waals surface area contributed by atoms with Crippen LogP contribution in [0.25, 0.3) is 0 Å². The monoisotopic (exact) mass is 276 g/mol. The predicted octanol–water partition coefficient (Wildman–Crippen LogP) is 2.08. The Morgan fingerprint density at radius 3 is 2.80 bits per heavy atom. The average molecular weight is 276 g/mol. The second-order valence-corrected chi connectivity index (χ2v) is 4.96. The fourth-order valence-corrected chi connectivity index (χ4v) is 2.52. The van der Waals surface area contributed by atoms with Crippen molar-refractivity contribution in [2.75, 3.05) is 20.2 Å². The first-order valence-corrected chi connectivity index (χ1v) is 6.63. The largest absolute Gasteiger partial charge is 0.469 e. The van der Waals surface area contributed by atoms with Gasteiger partial charge in [-0.25, -0.2) is 4.39 Å². The molecule has 20 heavy (non-hydrogen) atoms. The van der Waals surface area contributed by atoms with Gasteiger partial charge in [0.15, 0.2) is 0 Å². The summed E-state index contributed by atoms with van der Waals surface area (Å²) in [6.07, 6.45) is 1.46. The SMILES string of the molecule is COC(=O)C1CCN(Cc2cccc(C#N)c2F)CC1. The number of esters is 1. The summed E-state index contributed by atoms with van der Waals surface area (Å²) in [4.78, 5) is 13.5. The molecule has 0 amide bonds. The fraction of sp³-hybridized carbons (Fsp3) is 0.467. The van der Waals surface area contributed by atoms with E-state index >= 15 is 0 Å². The Morgan fingerprint density at radius 1 is 1.50 bits per heavy atom. The van der Waals surface area contributed by atoms with Crippen LogP contribution in [0.2, 0.25) is 0 Å². The van der Waals surface area contributed by atoms with Crippen molar-refractivity contribution in [1.82, 2.24) is 4.90 Å². The first-order valence-electron chi connectivity index (χ1n) is 6.63. The zero-order valence-electron chi connectivity index (χ0n) is 11.4. The molecule has 1 aliphatic rings. The first-order chi connectivity index (χ1) is 9.65. The third-order valence-electron chi connectivity index (χ3n) is 3.72. The summed E-state index contributed by atoms with van der Waals surface area (Å²) in [5.41, 5.74) is 0.604. The molecule has 1 aromatic rings. The highest BCUT2D eigenvalue weighted by atomic mass is 19.1. The number of ether oxygens (including phenoxy) is 1. The smallest absolute Gasteiger partial charge is 0.308 e. The Kier molecular flexibility index (Phi) is 4.70. The lowest BCUT2D eigenvalue weighted by atomic mass is 9.96. The number of nitrogens with zero attached hydrogens (tertiary/aromatic N) is 2. The quantitative estimate of drug-likeness (QED) is 0.793. The molecule has 0 N–H and O–H groups in total. The third-order valence-corrected chi connectivity index (χ3v) is 3.72. The maximum atomic E-state index is 14.0. The van der Waals surface area contributed by atoms with E-state index in [0.29, 0.717) is 12.1 Å². The number of carbonyl (C=O) groups excluding carboxylic acids is 1. The number of hydrogen-bond acceptors (Lipinski definition) is 4. The van der Waals surface area contributed by atoms with E-state index in [4.69, 9.17) is 10.00 Å². The van der Waals surface area contributed by atoms with Crippen molar-refractivity contribution >= 4 is 5.97 Å². The van der Waals surface area contributed by atoms with E-state index < -0.39 is 5.82 Å². The topological polar surface area (TPSA) is 53.3 Å². The lowest BCUT2D eigenvalue weighted by Crippen LogP contribution is -2.36. The van der Waals surface area contributed by atoms with Gasteiger partial charge in [0, 0.05) is 12.1 Å². The highest BCUT2D eigenvalue weighted by Gasteiger charge is 2.26. The molecular formula is C15H17FN2O2. The standard InChI is InChI=1S/C15H17FN2O2/c1-20-15(19)11-5-7-18(8-6-11)10-13-4-2-3-12(9-17)14(13)16/h2-4,11H,5-8,10H2,1H3. The molecule has 4 nitrogen and oxygen atoms in total. The van der Waals surface area contributed by atoms with Gasteiger partial charge in [-0.15, -0.1) is 0 Å². The van der Waals surface area contributed by atoms with Crippen molar-refractivity contribution in [2.24, 2.45) is 5.92 Å². The lowest BCUT2D eigenvalue weighted by molar-refractivity contribution is -0.147. The van der Waals surface area contributed by atoms with Gasteiger partial charge in [-0.1, -0.05) is 12.1 Å². The van der Waals surface area contributed by atoms with Gasteiger partial charge < -0.3 is 4.74 Å². The molecule has 0 atom stereocenters. The summed E-state index contributed by atoms with van der Waals surface area (Å²) in [6, 6.07) is 6.71. The molecule has 0 bridgehead atoms. The number of benzene rings is 1. The van der Waals surface area contributed by atoms with Crippen molar-refractivity contribution in [2.45, 2.75) is 19.4 Å². The second kappa shape index (κ2) is 6.49. The number of nitriles is 1. The molecule has 0 saturated carbocycles. The van der Waals surface area contributed by atoms with Gasteiger partial charge in [-0.05, 0) is 32.0 Å². The van der Waals surface area contributed by atoms with E-state index in [1.165, 1.54) is 13.2 Å². The Hall–Kier alpha value is -1.93. The van der Waals surface area contributed by atoms with Gasteiger partial charge in [0.25, 0.3) is 0 Å². The third kappa shape index (κ3) is 3.14. The summed E-state index contributed by atoms with van der Waals surface area (Å²) in [5, 5.41) is 8.82. The Labute approximate surface area is 117 Å². The van der Waals surface area contributed by atoms with Crippen LogP contribution in [0.1, 0.15) is 24.0 Å². The molecule has 1 saturated heterocycles. The summed E-state index contributed by atoms with van der Waals surface area (Å²) in [6.45, 7) is 1.93. The first kappa shape index (κ1) is 14.5. The molecular weight excluding hydrogens is 259 g/mol. The van der Waals surface area contributed by atoms with E-state index in [-0.39, 0.29) is 17.5 Å². The van der Waals surface area contributed by atoms with Crippen molar-refractivity contribution < 1.29 is 13.9 Å². The van der Waals surface area contributed by atoms with Crippen molar-refractivity contribution in [3.05, 3.63) is 35.1 Å². The Morgan fingerprint density at radius 2 is 2.20 bits per heavy atom. The highest BCUT2D eigenvalue weighted by Crippen LogP contribution is 2.21. The number of likely N-dealkylation sites (tertiary alicyclic amines) is 1. The van der Waals surface area contributed by atoms with Crippen LogP contribution in [0, 0.1) is 23.1 Å². The predicted molar refractivity (Wildman–Crippen MR) is 71.1 cm³/mol. The van der Waals surface area contributed by atoms with Crippen LogP contribution in [0.4, 0.5) is 4.39 Å². The molecule has 0 aromatic heterocycles. The number of piperidine rings is 1. The molecule has 1 aliphatic heterocycles. The molecule has 5 heteroatoms. The Bertz CT molecular complexity index is 531. The Balaban J connectivity index is 1.97. The molecule has 0 unspecified atom stereocenters. The van der Waals surface area contributed by atoms with Crippen LogP contribution < -0.4 is 0 Å². The van der Waals surface area contributed by atoms with E-state index in [1.54, 1.807) is 12.1 Å². The molecule has 1 aromatic carbocycles. The van der Waals surface area contributed by atoms with Crippen LogP contribution in [-0.4, -0.2) is 31.1 Å². The minimum absolute atomic E-state index is 0.0495. The van der Waals surface area contributed by atoms with Crippen molar-refractivity contribution in [1.29, 1.82) is 5.26 Å². The molecule has 1 heterocycles. The van der Waals surface area contributed by atoms with E-state index in [0.717, 1.165) is 25.9 Å². The zero-order chi connectivity index (χ0) is 14.5. The minimum Gasteiger partial charge on any atom is -0.469 e. The van der Waals surface area contributed by atoms with Gasteiger partial charge in [0.05, 0.1) is 18.6 Å². The molecule has 2 rings (SSSR count). The van der Waals surface area contributed by atoms with Crippen molar-refractivity contribution in [3.63, 3.8) is 0 Å². The minimum atomic E-state index is -0.440. The average Bonchev–Trinajstić information content (AvgIpc) is 2.49. The summed E-state index contributed by atoms with van der Waals surface area (Å²) in [5.74, 6) is -0.654. The number of rotatable bonds is 3. The van der Waals surface area contributed by atoms with Gasteiger partial charge in [0.1, 0.15) is 11.9 Å². The number of halogens is 1. The van der Waals surface area contributed by atoms with E-state index in [9.17, 15) is 9.18 Å².